The Morgan fingerprint density at radius 2 is 0.237 bits per heavy atom. The molecule has 0 unspecified atom stereocenters. The van der Waals surface area contributed by atoms with Gasteiger partial charge in [-0.05, 0) is 23.7 Å². The quantitative estimate of drug-likeness (QED) is 0.325. The molecule has 0 aliphatic heterocycles. The third-order valence-corrected chi connectivity index (χ3v) is 3.27. The van der Waals surface area contributed by atoms with E-state index in [4.69, 9.17) is 0 Å². The molecule has 0 N–H and O–H groups in total. The van der Waals surface area contributed by atoms with Gasteiger partial charge in [0.05, 0.1) is 0 Å². The maximum Gasteiger partial charge on any atom is -0.0474 e. The molecule has 0 saturated heterocycles. The highest BCUT2D eigenvalue weighted by molar-refractivity contribution is 4.34. The fraction of sp³-hybridized carbons (Fsp3) is 1.00. The second-order valence-corrected chi connectivity index (χ2v) is 11.5. The Kier molecular flexibility index (Phi) is 173. The molecule has 38 heavy (non-hydrogen) atoms. The molecule has 0 atom stereocenters. The monoisotopic (exact) mass is 553 g/mol. The highest BCUT2D eigenvalue weighted by Gasteiger charge is 1.81. The van der Waals surface area contributed by atoms with Crippen LogP contribution in [0, 0.1) is 23.7 Å². The van der Waals surface area contributed by atoms with Crippen molar-refractivity contribution in [2.75, 3.05) is 0 Å². The van der Waals surface area contributed by atoms with Crippen molar-refractivity contribution in [1.82, 2.24) is 0 Å². The van der Waals surface area contributed by atoms with Gasteiger partial charge in [0, 0.05) is 0 Å². The zero-order valence-electron chi connectivity index (χ0n) is 33.4. The lowest BCUT2D eigenvalue weighted by Gasteiger charge is -1.90. The van der Waals surface area contributed by atoms with Crippen LogP contribution >= 0.6 is 0 Å². The van der Waals surface area contributed by atoms with Gasteiger partial charge in [0.15, 0.2) is 0 Å². The van der Waals surface area contributed by atoms with Gasteiger partial charge in [0.2, 0.25) is 0 Å². The third-order valence-electron chi connectivity index (χ3n) is 3.27. The van der Waals surface area contributed by atoms with Crippen LogP contribution in [0.25, 0.3) is 0 Å². The van der Waals surface area contributed by atoms with Crippen LogP contribution < -0.4 is 0 Å². The van der Waals surface area contributed by atoms with Crippen LogP contribution in [0.1, 0.15) is 230 Å². The zero-order chi connectivity index (χ0) is 33.4. The Balaban J connectivity index is -0.0000000290. The van der Waals surface area contributed by atoms with Crippen molar-refractivity contribution in [3.63, 3.8) is 0 Å². The number of hydrogen-bond donors (Lipinski definition) is 0. The summed E-state index contributed by atoms with van der Waals surface area (Å²) in [5.74, 6) is 3.54. The first-order valence-corrected chi connectivity index (χ1v) is 17.6. The minimum atomic E-state index is 0.884. The van der Waals surface area contributed by atoms with Crippen LogP contribution in [0.5, 0.6) is 0 Å². The lowest BCUT2D eigenvalue weighted by atomic mass is 10.2. The van der Waals surface area contributed by atoms with Crippen molar-refractivity contribution in [2.24, 2.45) is 23.7 Å². The summed E-state index contributed by atoms with van der Waals surface area (Å²) in [5.41, 5.74) is 0. The van der Waals surface area contributed by atoms with Gasteiger partial charge < -0.3 is 0 Å². The molecule has 0 spiro atoms. The van der Waals surface area contributed by atoms with E-state index in [2.05, 4.69) is 166 Å². The van der Waals surface area contributed by atoms with E-state index in [1.165, 1.54) is 64.2 Å². The van der Waals surface area contributed by atoms with Crippen molar-refractivity contribution in [1.29, 1.82) is 0 Å². The van der Waals surface area contributed by atoms with Gasteiger partial charge in [-0.1, -0.05) is 230 Å². The molecule has 0 aromatic carbocycles. The molecule has 0 fully saturated rings. The first-order valence-electron chi connectivity index (χ1n) is 17.6. The Morgan fingerprint density at radius 3 is 0.237 bits per heavy atom. The Bertz CT molecular complexity index is 141. The summed E-state index contributed by atoms with van der Waals surface area (Å²) in [6.45, 7) is 52.1. The van der Waals surface area contributed by atoms with Crippen molar-refractivity contribution in [2.45, 2.75) is 230 Å². The maximum absolute atomic E-state index is 2.22. The van der Waals surface area contributed by atoms with Gasteiger partial charge in [0.1, 0.15) is 0 Å². The van der Waals surface area contributed by atoms with E-state index in [1.807, 2.05) is 0 Å². The van der Waals surface area contributed by atoms with E-state index in [0.29, 0.717) is 0 Å². The topological polar surface area (TPSA) is 0 Å². The van der Waals surface area contributed by atoms with E-state index >= 15 is 0 Å². The van der Waals surface area contributed by atoms with Crippen LogP contribution in [0.2, 0.25) is 0 Å². The van der Waals surface area contributed by atoms with Gasteiger partial charge in [-0.15, -0.1) is 0 Å². The Labute approximate surface area is 253 Å². The SMILES string of the molecule is CCC.CCC.CCC.CCC.CCC.CCC.CCC(C)C.CCC(C)C.CCC(C)C.CCC(C)C. The molecule has 0 saturated carbocycles. The first-order chi connectivity index (χ1) is 17.6. The molecule has 0 heteroatoms. The van der Waals surface area contributed by atoms with E-state index in [1.54, 1.807) is 0 Å². The van der Waals surface area contributed by atoms with Gasteiger partial charge >= 0.3 is 0 Å². The average Bonchev–Trinajstić information content (AvgIpc) is 2.83. The minimum absolute atomic E-state index is 0.884. The predicted molar refractivity (Wildman–Crippen MR) is 196 cm³/mol. The summed E-state index contributed by atoms with van der Waals surface area (Å²) < 4.78 is 0. The molecule has 0 rings (SSSR count). The summed E-state index contributed by atoms with van der Waals surface area (Å²) in [6.07, 6.45) is 12.7. The molecule has 0 aromatic rings. The lowest BCUT2D eigenvalue weighted by Crippen LogP contribution is -1.77. The standard InChI is InChI=1S/4C5H12.6C3H8/c4*1-4-5(2)3;6*1-3-2/h4*5H,4H2,1-3H3;6*3H2,1-2H3. The summed E-state index contributed by atoms with van der Waals surface area (Å²) in [7, 11) is 0. The second kappa shape index (κ2) is 99.1. The summed E-state index contributed by atoms with van der Waals surface area (Å²) in [5, 5.41) is 0. The van der Waals surface area contributed by atoms with E-state index < -0.39 is 0 Å². The molecule has 248 valence electrons. The summed E-state index contributed by atoms with van der Waals surface area (Å²) >= 11 is 0. The van der Waals surface area contributed by atoms with Crippen LogP contribution in [0.4, 0.5) is 0 Å². The fourth-order valence-corrected chi connectivity index (χ4v) is 0. The normalized spacial score (nSPS) is 7.89. The van der Waals surface area contributed by atoms with Gasteiger partial charge in [-0.25, -0.2) is 0 Å². The van der Waals surface area contributed by atoms with E-state index in [9.17, 15) is 0 Å². The number of hydrogen-bond acceptors (Lipinski definition) is 0. The maximum atomic E-state index is 2.22. The molecular formula is C38H96. The smallest absolute Gasteiger partial charge is 0.0474 e. The largest absolute Gasteiger partial charge is 0.0656 e. The molecule has 0 amide bonds. The van der Waals surface area contributed by atoms with Crippen molar-refractivity contribution < 1.29 is 0 Å². The molecule has 0 aliphatic carbocycles. The van der Waals surface area contributed by atoms with Gasteiger partial charge in [-0.2, -0.15) is 0 Å². The highest BCUT2D eigenvalue weighted by atomic mass is 13.9. The van der Waals surface area contributed by atoms with Crippen molar-refractivity contribution >= 4 is 0 Å². The Morgan fingerprint density at radius 1 is 0.211 bits per heavy atom. The van der Waals surface area contributed by atoms with E-state index in [-0.39, 0.29) is 0 Å². The van der Waals surface area contributed by atoms with Crippen molar-refractivity contribution in [3.05, 3.63) is 0 Å². The molecular weight excluding hydrogens is 456 g/mol. The molecule has 0 bridgehead atoms. The van der Waals surface area contributed by atoms with Crippen molar-refractivity contribution in [3.8, 4) is 0 Å². The minimum Gasteiger partial charge on any atom is -0.0656 e. The zero-order valence-corrected chi connectivity index (χ0v) is 33.4. The van der Waals surface area contributed by atoms with E-state index in [0.717, 1.165) is 23.7 Å². The van der Waals surface area contributed by atoms with Gasteiger partial charge in [0.25, 0.3) is 0 Å². The molecule has 0 aromatic heterocycles. The third kappa shape index (κ3) is 689. The molecule has 0 aliphatic rings. The predicted octanol–water partition coefficient (Wildman–Crippen LogP) is 16.7. The molecule has 0 heterocycles. The van der Waals surface area contributed by atoms with Crippen LogP contribution in [-0.2, 0) is 0 Å². The first kappa shape index (κ1) is 66.4. The Hall–Kier alpha value is 0. The average molecular weight is 553 g/mol. The second-order valence-electron chi connectivity index (χ2n) is 11.5. The van der Waals surface area contributed by atoms with Crippen LogP contribution in [0.3, 0.4) is 0 Å². The molecule has 0 radical (unpaired) electrons. The highest BCUT2D eigenvalue weighted by Crippen LogP contribution is 1.95. The molecule has 0 nitrogen and oxygen atoms in total. The lowest BCUT2D eigenvalue weighted by molar-refractivity contribution is 0.626. The fourth-order valence-electron chi connectivity index (χ4n) is 0. The van der Waals surface area contributed by atoms with Crippen LogP contribution in [-0.4, -0.2) is 0 Å². The summed E-state index contributed by atoms with van der Waals surface area (Å²) in [4.78, 5) is 0. The number of rotatable bonds is 4. The van der Waals surface area contributed by atoms with Crippen LogP contribution in [0.15, 0.2) is 0 Å². The summed E-state index contributed by atoms with van der Waals surface area (Å²) in [6, 6.07) is 0. The van der Waals surface area contributed by atoms with Gasteiger partial charge in [-0.3, -0.25) is 0 Å².